The molecule has 0 radical (unpaired) electrons. The zero-order chi connectivity index (χ0) is 16.0. The molecular weight excluding hydrogens is 270 g/mol. The lowest BCUT2D eigenvalue weighted by molar-refractivity contribution is -0.140. The number of anilines is 1. The van der Waals surface area contributed by atoms with Crippen molar-refractivity contribution in [1.82, 2.24) is 0 Å². The third-order valence-corrected chi connectivity index (χ3v) is 3.50. The average molecular weight is 291 g/mol. The minimum absolute atomic E-state index is 0.362. The number of imide groups is 1. The molecule has 21 heavy (non-hydrogen) atoms. The Morgan fingerprint density at radius 1 is 1.29 bits per heavy atom. The summed E-state index contributed by atoms with van der Waals surface area (Å²) in [5.41, 5.74) is -1.60. The number of benzene rings is 1. The van der Waals surface area contributed by atoms with Crippen molar-refractivity contribution in [1.29, 1.82) is 0 Å². The molecule has 0 saturated carbocycles. The van der Waals surface area contributed by atoms with Gasteiger partial charge in [-0.05, 0) is 32.8 Å². The molecule has 1 aliphatic heterocycles. The van der Waals surface area contributed by atoms with Crippen LogP contribution in [-0.2, 0) is 15.1 Å². The molecule has 5 heteroatoms. The second-order valence-corrected chi connectivity index (χ2v) is 6.56. The summed E-state index contributed by atoms with van der Waals surface area (Å²) < 4.78 is 5.28. The minimum Gasteiger partial charge on any atom is -0.443 e. The van der Waals surface area contributed by atoms with Crippen LogP contribution < -0.4 is 4.90 Å². The molecule has 5 nitrogen and oxygen atoms in total. The number of fused-ring (bicyclic) bond motifs is 1. The van der Waals surface area contributed by atoms with Crippen LogP contribution in [0.5, 0.6) is 0 Å². The SMILES string of the molecule is CC(C)[C@@]1(O)C(=O)N(C(=O)OC(C)(C)C)c2ccccc21. The van der Waals surface area contributed by atoms with Crippen LogP contribution in [-0.4, -0.2) is 22.7 Å². The molecule has 0 unspecified atom stereocenters. The van der Waals surface area contributed by atoms with Crippen LogP contribution in [0.2, 0.25) is 0 Å². The molecular formula is C16H21NO4. The number of rotatable bonds is 1. The van der Waals surface area contributed by atoms with Gasteiger partial charge in [0.05, 0.1) is 5.69 Å². The maximum atomic E-state index is 12.6. The number of carbonyl (C=O) groups excluding carboxylic acids is 2. The smallest absolute Gasteiger partial charge is 0.421 e. The third-order valence-electron chi connectivity index (χ3n) is 3.50. The van der Waals surface area contributed by atoms with Crippen molar-refractivity contribution in [3.8, 4) is 0 Å². The molecule has 2 amide bonds. The van der Waals surface area contributed by atoms with Crippen LogP contribution in [0.1, 0.15) is 40.2 Å². The van der Waals surface area contributed by atoms with E-state index < -0.39 is 23.2 Å². The van der Waals surface area contributed by atoms with Crippen LogP contribution in [0.3, 0.4) is 0 Å². The van der Waals surface area contributed by atoms with E-state index in [1.165, 1.54) is 0 Å². The molecule has 1 aromatic carbocycles. The van der Waals surface area contributed by atoms with Crippen molar-refractivity contribution >= 4 is 17.7 Å². The van der Waals surface area contributed by atoms with Gasteiger partial charge in [-0.2, -0.15) is 0 Å². The number of aliphatic hydroxyl groups is 1. The molecule has 1 heterocycles. The Kier molecular flexibility index (Phi) is 3.58. The van der Waals surface area contributed by atoms with Crippen LogP contribution >= 0.6 is 0 Å². The van der Waals surface area contributed by atoms with Crippen LogP contribution in [0.4, 0.5) is 10.5 Å². The van der Waals surface area contributed by atoms with E-state index in [0.717, 1.165) is 4.90 Å². The first-order valence-electron chi connectivity index (χ1n) is 6.98. The first-order valence-corrected chi connectivity index (χ1v) is 6.98. The standard InChI is InChI=1S/C16H21NO4/c1-10(2)16(20)11-8-6-7-9-12(11)17(13(16)18)14(19)21-15(3,4)5/h6-10,20H,1-5H3/t16-/m0/s1. The molecule has 1 atom stereocenters. The van der Waals surface area contributed by atoms with Gasteiger partial charge in [-0.15, -0.1) is 0 Å². The summed E-state index contributed by atoms with van der Waals surface area (Å²) in [4.78, 5) is 25.9. The fraction of sp³-hybridized carbons (Fsp3) is 0.500. The van der Waals surface area contributed by atoms with E-state index in [1.54, 1.807) is 58.9 Å². The molecule has 0 aromatic heterocycles. The first-order chi connectivity index (χ1) is 9.59. The van der Waals surface area contributed by atoms with Crippen molar-refractivity contribution in [2.24, 2.45) is 5.92 Å². The number of carbonyl (C=O) groups is 2. The van der Waals surface area contributed by atoms with Crippen molar-refractivity contribution in [3.63, 3.8) is 0 Å². The van der Waals surface area contributed by atoms with Crippen LogP contribution in [0.15, 0.2) is 24.3 Å². The lowest BCUT2D eigenvalue weighted by atomic mass is 9.84. The molecule has 1 aliphatic rings. The molecule has 0 fully saturated rings. The Balaban J connectivity index is 2.51. The van der Waals surface area contributed by atoms with E-state index in [1.807, 2.05) is 0 Å². The van der Waals surface area contributed by atoms with Gasteiger partial charge in [0.2, 0.25) is 0 Å². The van der Waals surface area contributed by atoms with Crippen molar-refractivity contribution in [2.75, 3.05) is 4.90 Å². The number of hydrogen-bond donors (Lipinski definition) is 1. The van der Waals surface area contributed by atoms with Gasteiger partial charge in [-0.1, -0.05) is 32.0 Å². The van der Waals surface area contributed by atoms with Crippen molar-refractivity contribution < 1.29 is 19.4 Å². The molecule has 0 spiro atoms. The second kappa shape index (κ2) is 4.84. The normalized spacial score (nSPS) is 21.7. The summed E-state index contributed by atoms with van der Waals surface area (Å²) in [6.45, 7) is 8.67. The van der Waals surface area contributed by atoms with Gasteiger partial charge in [0.15, 0.2) is 5.60 Å². The zero-order valence-electron chi connectivity index (χ0n) is 13.0. The number of hydrogen-bond acceptors (Lipinski definition) is 4. The van der Waals surface area contributed by atoms with E-state index in [-0.39, 0.29) is 5.92 Å². The average Bonchev–Trinajstić information content (AvgIpc) is 2.58. The second-order valence-electron chi connectivity index (χ2n) is 6.56. The Labute approximate surface area is 124 Å². The molecule has 0 saturated heterocycles. The Hall–Kier alpha value is -1.88. The van der Waals surface area contributed by atoms with Crippen LogP contribution in [0.25, 0.3) is 0 Å². The van der Waals surface area contributed by atoms with E-state index in [4.69, 9.17) is 4.74 Å². The summed E-state index contributed by atoms with van der Waals surface area (Å²) in [5, 5.41) is 10.8. The molecule has 114 valence electrons. The van der Waals surface area contributed by atoms with Gasteiger partial charge in [0.1, 0.15) is 5.60 Å². The maximum absolute atomic E-state index is 12.6. The zero-order valence-corrected chi connectivity index (χ0v) is 13.0. The highest BCUT2D eigenvalue weighted by Crippen LogP contribution is 2.44. The quantitative estimate of drug-likeness (QED) is 0.864. The predicted octanol–water partition coefficient (Wildman–Crippen LogP) is 2.81. The van der Waals surface area contributed by atoms with Crippen molar-refractivity contribution in [3.05, 3.63) is 29.8 Å². The van der Waals surface area contributed by atoms with Crippen molar-refractivity contribution in [2.45, 2.75) is 45.8 Å². The molecule has 1 N–H and O–H groups in total. The highest BCUT2D eigenvalue weighted by Gasteiger charge is 2.54. The van der Waals surface area contributed by atoms with Gasteiger partial charge in [0.25, 0.3) is 5.91 Å². The van der Waals surface area contributed by atoms with Gasteiger partial charge in [-0.3, -0.25) is 4.79 Å². The predicted molar refractivity (Wildman–Crippen MR) is 78.9 cm³/mol. The van der Waals surface area contributed by atoms with E-state index in [9.17, 15) is 14.7 Å². The van der Waals surface area contributed by atoms with E-state index >= 15 is 0 Å². The summed E-state index contributed by atoms with van der Waals surface area (Å²) in [6.07, 6.45) is -0.767. The largest absolute Gasteiger partial charge is 0.443 e. The minimum atomic E-state index is -1.70. The summed E-state index contributed by atoms with van der Waals surface area (Å²) in [7, 11) is 0. The Morgan fingerprint density at radius 3 is 2.38 bits per heavy atom. The highest BCUT2D eigenvalue weighted by atomic mass is 16.6. The Morgan fingerprint density at radius 2 is 1.86 bits per heavy atom. The number of para-hydroxylation sites is 1. The lowest BCUT2D eigenvalue weighted by Crippen LogP contribution is -2.47. The van der Waals surface area contributed by atoms with Crippen LogP contribution in [0, 0.1) is 5.92 Å². The summed E-state index contributed by atoms with van der Waals surface area (Å²) in [6, 6.07) is 6.75. The van der Waals surface area contributed by atoms with Gasteiger partial charge < -0.3 is 9.84 Å². The van der Waals surface area contributed by atoms with Gasteiger partial charge in [0, 0.05) is 5.56 Å². The van der Waals surface area contributed by atoms with E-state index in [2.05, 4.69) is 0 Å². The summed E-state index contributed by atoms with van der Waals surface area (Å²) in [5.74, 6) is -1.02. The number of ether oxygens (including phenoxy) is 1. The fourth-order valence-electron chi connectivity index (χ4n) is 2.43. The third kappa shape index (κ3) is 2.42. The topological polar surface area (TPSA) is 66.8 Å². The lowest BCUT2D eigenvalue weighted by Gasteiger charge is -2.27. The van der Waals surface area contributed by atoms with E-state index in [0.29, 0.717) is 11.3 Å². The molecule has 2 rings (SSSR count). The summed E-state index contributed by atoms with van der Waals surface area (Å²) >= 11 is 0. The number of amides is 2. The molecule has 0 bridgehead atoms. The molecule has 1 aromatic rings. The maximum Gasteiger partial charge on any atom is 0.421 e. The van der Waals surface area contributed by atoms with Gasteiger partial charge in [-0.25, -0.2) is 9.69 Å². The molecule has 0 aliphatic carbocycles. The van der Waals surface area contributed by atoms with Gasteiger partial charge >= 0.3 is 6.09 Å². The first kappa shape index (κ1) is 15.5. The highest BCUT2D eigenvalue weighted by molar-refractivity contribution is 6.20. The Bertz CT molecular complexity index is 588. The number of nitrogens with zero attached hydrogens (tertiary/aromatic N) is 1. The fourth-order valence-corrected chi connectivity index (χ4v) is 2.43. The monoisotopic (exact) mass is 291 g/mol.